The molecule has 0 aliphatic carbocycles. The highest BCUT2D eigenvalue weighted by Gasteiger charge is 2.30. The van der Waals surface area contributed by atoms with Crippen LogP contribution in [-0.4, -0.2) is 35.1 Å². The average Bonchev–Trinajstić information content (AvgIpc) is 3.37. The summed E-state index contributed by atoms with van der Waals surface area (Å²) in [6, 6.07) is 16.7. The highest BCUT2D eigenvalue weighted by Crippen LogP contribution is 2.34. The van der Waals surface area contributed by atoms with Gasteiger partial charge in [0.2, 0.25) is 0 Å². The molecule has 0 saturated carbocycles. The van der Waals surface area contributed by atoms with Crippen molar-refractivity contribution in [2.24, 2.45) is 4.99 Å². The first-order valence-corrected chi connectivity index (χ1v) is 11.8. The maximum atomic E-state index is 12.8. The molecule has 1 aromatic heterocycles. The van der Waals surface area contributed by atoms with Crippen molar-refractivity contribution in [3.05, 3.63) is 82.0 Å². The Bertz CT molecular complexity index is 1320. The topological polar surface area (TPSA) is 72.1 Å². The van der Waals surface area contributed by atoms with Crippen molar-refractivity contribution in [3.63, 3.8) is 0 Å². The normalized spacial score (nSPS) is 16.2. The van der Waals surface area contributed by atoms with E-state index in [0.29, 0.717) is 27.2 Å². The number of aryl methyl sites for hydroxylation is 2. The minimum Gasteiger partial charge on any atom is -0.459 e. The Labute approximate surface area is 203 Å². The number of amidine groups is 1. The molecule has 0 spiro atoms. The van der Waals surface area contributed by atoms with Gasteiger partial charge in [0, 0.05) is 18.7 Å². The molecule has 6 nitrogen and oxygen atoms in total. The van der Waals surface area contributed by atoms with Gasteiger partial charge in [-0.3, -0.25) is 9.69 Å². The van der Waals surface area contributed by atoms with Crippen molar-refractivity contribution >= 4 is 40.6 Å². The number of aliphatic imine (C=N–C) groups is 1. The van der Waals surface area contributed by atoms with Gasteiger partial charge in [0.05, 0.1) is 22.3 Å². The standard InChI is InChI=1S/C27H26N2O4S/c1-16(2)32-26(31)20-8-6-7-19(14-20)23-12-11-22(33-23)15-24-25(30)29(5)27(34-24)28-21-10-9-17(3)18(4)13-21/h6-16H,1-5H3/b24-15+,28-27?. The van der Waals surface area contributed by atoms with E-state index in [0.717, 1.165) is 16.8 Å². The second-order valence-electron chi connectivity index (χ2n) is 8.37. The lowest BCUT2D eigenvalue weighted by Crippen LogP contribution is -2.23. The van der Waals surface area contributed by atoms with Crippen LogP contribution in [0.3, 0.4) is 0 Å². The number of carbonyl (C=O) groups excluding carboxylic acids is 2. The number of benzene rings is 2. The zero-order chi connectivity index (χ0) is 24.4. The molecule has 0 radical (unpaired) electrons. The number of esters is 1. The Kier molecular flexibility index (Phi) is 6.75. The molecule has 4 rings (SSSR count). The van der Waals surface area contributed by atoms with E-state index in [1.807, 2.05) is 51.1 Å². The Morgan fingerprint density at radius 1 is 1.09 bits per heavy atom. The van der Waals surface area contributed by atoms with Gasteiger partial charge in [0.25, 0.3) is 5.91 Å². The molecule has 7 heteroatoms. The minimum atomic E-state index is -0.377. The predicted molar refractivity (Wildman–Crippen MR) is 136 cm³/mol. The summed E-state index contributed by atoms with van der Waals surface area (Å²) in [6.45, 7) is 7.72. The van der Waals surface area contributed by atoms with Crippen molar-refractivity contribution in [1.29, 1.82) is 0 Å². The van der Waals surface area contributed by atoms with E-state index in [9.17, 15) is 9.59 Å². The van der Waals surface area contributed by atoms with E-state index in [1.54, 1.807) is 42.3 Å². The van der Waals surface area contributed by atoms with Crippen LogP contribution >= 0.6 is 11.8 Å². The second-order valence-corrected chi connectivity index (χ2v) is 9.38. The fourth-order valence-corrected chi connectivity index (χ4v) is 4.32. The molecule has 1 aliphatic heterocycles. The molecule has 0 N–H and O–H groups in total. The molecule has 1 fully saturated rings. The van der Waals surface area contributed by atoms with Crippen molar-refractivity contribution in [3.8, 4) is 11.3 Å². The summed E-state index contributed by atoms with van der Waals surface area (Å²) in [4.78, 5) is 31.7. The summed E-state index contributed by atoms with van der Waals surface area (Å²) in [5, 5.41) is 0.614. The van der Waals surface area contributed by atoms with E-state index >= 15 is 0 Å². The van der Waals surface area contributed by atoms with Crippen molar-refractivity contribution < 1.29 is 18.7 Å². The smallest absolute Gasteiger partial charge is 0.338 e. The lowest BCUT2D eigenvalue weighted by atomic mass is 10.1. The molecule has 34 heavy (non-hydrogen) atoms. The lowest BCUT2D eigenvalue weighted by molar-refractivity contribution is -0.121. The highest BCUT2D eigenvalue weighted by molar-refractivity contribution is 8.18. The third-order valence-corrected chi connectivity index (χ3v) is 6.40. The zero-order valence-corrected chi connectivity index (χ0v) is 20.6. The largest absolute Gasteiger partial charge is 0.459 e. The van der Waals surface area contributed by atoms with Crippen LogP contribution < -0.4 is 0 Å². The Hall–Kier alpha value is -3.58. The molecule has 2 aromatic carbocycles. The first-order chi connectivity index (χ1) is 16.2. The number of thioether (sulfide) groups is 1. The molecule has 1 saturated heterocycles. The minimum absolute atomic E-state index is 0.135. The highest BCUT2D eigenvalue weighted by atomic mass is 32.2. The van der Waals surface area contributed by atoms with E-state index in [-0.39, 0.29) is 18.0 Å². The first kappa shape index (κ1) is 23.6. The van der Waals surface area contributed by atoms with Crippen molar-refractivity contribution in [2.45, 2.75) is 33.8 Å². The van der Waals surface area contributed by atoms with Crippen LogP contribution in [0.4, 0.5) is 5.69 Å². The zero-order valence-electron chi connectivity index (χ0n) is 19.8. The Morgan fingerprint density at radius 3 is 2.62 bits per heavy atom. The van der Waals surface area contributed by atoms with Gasteiger partial charge in [-0.15, -0.1) is 0 Å². The van der Waals surface area contributed by atoms with Gasteiger partial charge in [-0.05, 0) is 87.0 Å². The molecule has 0 bridgehead atoms. The summed E-state index contributed by atoms with van der Waals surface area (Å²) in [5.74, 6) is 0.627. The molecule has 1 aliphatic rings. The monoisotopic (exact) mass is 474 g/mol. The van der Waals surface area contributed by atoms with Crippen LogP contribution in [-0.2, 0) is 9.53 Å². The Morgan fingerprint density at radius 2 is 1.88 bits per heavy atom. The maximum Gasteiger partial charge on any atom is 0.338 e. The molecule has 0 unspecified atom stereocenters. The van der Waals surface area contributed by atoms with Crippen molar-refractivity contribution in [2.75, 3.05) is 7.05 Å². The maximum absolute atomic E-state index is 12.8. The molecule has 2 heterocycles. The number of rotatable bonds is 5. The van der Waals surface area contributed by atoms with E-state index < -0.39 is 0 Å². The number of hydrogen-bond donors (Lipinski definition) is 0. The third kappa shape index (κ3) is 5.15. The fraction of sp³-hybridized carbons (Fsp3) is 0.222. The van der Waals surface area contributed by atoms with Crippen LogP contribution in [0.15, 0.2) is 68.9 Å². The lowest BCUT2D eigenvalue weighted by Gasteiger charge is -2.08. The van der Waals surface area contributed by atoms with Crippen LogP contribution in [0.25, 0.3) is 17.4 Å². The van der Waals surface area contributed by atoms with Crippen LogP contribution in [0.1, 0.15) is 41.1 Å². The summed E-state index contributed by atoms with van der Waals surface area (Å²) in [6.07, 6.45) is 1.52. The van der Waals surface area contributed by atoms with Gasteiger partial charge in [0.1, 0.15) is 11.5 Å². The average molecular weight is 475 g/mol. The summed E-state index contributed by atoms with van der Waals surface area (Å²) in [5.41, 5.74) is 4.37. The molecule has 3 aromatic rings. The molecule has 1 amide bonds. The SMILES string of the molecule is Cc1ccc(N=C2S/C(=C/c3ccc(-c4cccc(C(=O)OC(C)C)c4)o3)C(=O)N2C)cc1C. The number of hydrogen-bond acceptors (Lipinski definition) is 6. The number of ether oxygens (including phenoxy) is 1. The van der Waals surface area contributed by atoms with Gasteiger partial charge >= 0.3 is 5.97 Å². The van der Waals surface area contributed by atoms with Gasteiger partial charge in [-0.1, -0.05) is 18.2 Å². The number of furan rings is 1. The molecule has 174 valence electrons. The summed E-state index contributed by atoms with van der Waals surface area (Å²) >= 11 is 1.31. The fourth-order valence-electron chi connectivity index (χ4n) is 3.35. The summed E-state index contributed by atoms with van der Waals surface area (Å²) < 4.78 is 11.2. The van der Waals surface area contributed by atoms with Gasteiger partial charge in [0.15, 0.2) is 5.17 Å². The number of likely N-dealkylation sites (N-methyl/N-ethyl adjacent to an activating group) is 1. The van der Waals surface area contributed by atoms with Gasteiger partial charge in [-0.2, -0.15) is 0 Å². The quantitative estimate of drug-likeness (QED) is 0.318. The van der Waals surface area contributed by atoms with Crippen LogP contribution in [0, 0.1) is 13.8 Å². The number of nitrogens with zero attached hydrogens (tertiary/aromatic N) is 2. The molecule has 0 atom stereocenters. The van der Waals surface area contributed by atoms with E-state index in [1.165, 1.54) is 17.3 Å². The number of amides is 1. The molecular weight excluding hydrogens is 448 g/mol. The van der Waals surface area contributed by atoms with Gasteiger partial charge < -0.3 is 9.15 Å². The van der Waals surface area contributed by atoms with Crippen molar-refractivity contribution in [1.82, 2.24) is 4.90 Å². The van der Waals surface area contributed by atoms with Crippen LogP contribution in [0.5, 0.6) is 0 Å². The van der Waals surface area contributed by atoms with Crippen LogP contribution in [0.2, 0.25) is 0 Å². The summed E-state index contributed by atoms with van der Waals surface area (Å²) in [7, 11) is 1.71. The van der Waals surface area contributed by atoms with Gasteiger partial charge in [-0.25, -0.2) is 9.79 Å². The number of carbonyl (C=O) groups is 2. The Balaban J connectivity index is 1.55. The van der Waals surface area contributed by atoms with E-state index in [4.69, 9.17) is 9.15 Å². The third-order valence-electron chi connectivity index (χ3n) is 5.34. The van der Waals surface area contributed by atoms with E-state index in [2.05, 4.69) is 11.9 Å². The first-order valence-electron chi connectivity index (χ1n) is 11.0. The second kappa shape index (κ2) is 9.73. The molecular formula is C27H26N2O4S. The predicted octanol–water partition coefficient (Wildman–Crippen LogP) is 6.36.